The molecular weight excluding hydrogens is 331 g/mol. The van der Waals surface area contributed by atoms with E-state index in [1.807, 2.05) is 12.1 Å². The van der Waals surface area contributed by atoms with Crippen molar-refractivity contribution in [2.75, 3.05) is 13.7 Å². The molecule has 2 aromatic rings. The van der Waals surface area contributed by atoms with Gasteiger partial charge in [-0.05, 0) is 53.1 Å². The lowest BCUT2D eigenvalue weighted by Gasteiger charge is -2.17. The van der Waals surface area contributed by atoms with Crippen molar-refractivity contribution in [1.82, 2.24) is 0 Å². The van der Waals surface area contributed by atoms with E-state index in [2.05, 4.69) is 38.5 Å². The topological polar surface area (TPSA) is 35.5 Å². The Labute approximate surface area is 155 Å². The number of carbonyl (C=O) groups excluding carboxylic acids is 1. The third-order valence-corrected chi connectivity index (χ3v) is 4.12. The van der Waals surface area contributed by atoms with E-state index in [0.29, 0.717) is 24.9 Å². The molecule has 0 N–H and O–H groups in total. The van der Waals surface area contributed by atoms with Crippen molar-refractivity contribution < 1.29 is 18.7 Å². The second kappa shape index (κ2) is 8.84. The molecule has 0 radical (unpaired) electrons. The van der Waals surface area contributed by atoms with Gasteiger partial charge in [0.1, 0.15) is 11.6 Å². The van der Waals surface area contributed by atoms with E-state index in [0.717, 1.165) is 22.4 Å². The Morgan fingerprint density at radius 3 is 2.27 bits per heavy atom. The maximum absolute atomic E-state index is 14.1. The summed E-state index contributed by atoms with van der Waals surface area (Å²) >= 11 is 0. The highest BCUT2D eigenvalue weighted by Crippen LogP contribution is 2.29. The summed E-state index contributed by atoms with van der Waals surface area (Å²) in [4.78, 5) is 11.5. The van der Waals surface area contributed by atoms with Gasteiger partial charge in [0, 0.05) is 0 Å². The minimum absolute atomic E-state index is 0.0449. The first-order chi connectivity index (χ1) is 12.3. The van der Waals surface area contributed by atoms with Crippen LogP contribution in [0.1, 0.15) is 60.7 Å². The smallest absolute Gasteiger partial charge is 0.340 e. The van der Waals surface area contributed by atoms with Crippen LogP contribution in [0.5, 0.6) is 5.75 Å². The van der Waals surface area contributed by atoms with Crippen LogP contribution in [-0.2, 0) is 11.2 Å². The van der Waals surface area contributed by atoms with Crippen LogP contribution in [0, 0.1) is 11.7 Å². The van der Waals surface area contributed by atoms with Crippen LogP contribution in [0.2, 0.25) is 0 Å². The van der Waals surface area contributed by atoms with E-state index >= 15 is 0 Å². The summed E-state index contributed by atoms with van der Waals surface area (Å²) < 4.78 is 24.6. The van der Waals surface area contributed by atoms with Crippen molar-refractivity contribution in [3.63, 3.8) is 0 Å². The van der Waals surface area contributed by atoms with Crippen LogP contribution in [0.3, 0.4) is 0 Å². The highest BCUT2D eigenvalue weighted by molar-refractivity contribution is 5.89. The predicted molar refractivity (Wildman–Crippen MR) is 101 cm³/mol. The van der Waals surface area contributed by atoms with Gasteiger partial charge in [-0.3, -0.25) is 0 Å². The van der Waals surface area contributed by atoms with Crippen LogP contribution in [0.4, 0.5) is 4.39 Å². The SMILES string of the molecule is COC(=O)c1ccc(Cc2ccc(OCC(C)C)c(C(C)C)c2)cc1F. The second-order valence-electron chi connectivity index (χ2n) is 7.21. The Balaban J connectivity index is 2.23. The molecule has 2 rings (SSSR count). The minimum atomic E-state index is -0.664. The van der Waals surface area contributed by atoms with Gasteiger partial charge >= 0.3 is 5.97 Å². The maximum atomic E-state index is 14.1. The summed E-state index contributed by atoms with van der Waals surface area (Å²) in [6, 6.07) is 10.7. The quantitative estimate of drug-likeness (QED) is 0.625. The van der Waals surface area contributed by atoms with Gasteiger partial charge in [-0.2, -0.15) is 0 Å². The van der Waals surface area contributed by atoms with Gasteiger partial charge in [0.05, 0.1) is 19.3 Å². The molecule has 0 aliphatic rings. The number of carbonyl (C=O) groups is 1. The predicted octanol–water partition coefficient (Wildman–Crippen LogP) is 5.36. The Bertz CT molecular complexity index is 766. The van der Waals surface area contributed by atoms with Gasteiger partial charge in [-0.15, -0.1) is 0 Å². The largest absolute Gasteiger partial charge is 0.493 e. The number of rotatable bonds is 7. The molecule has 0 saturated heterocycles. The van der Waals surface area contributed by atoms with E-state index < -0.39 is 11.8 Å². The highest BCUT2D eigenvalue weighted by Gasteiger charge is 2.14. The average Bonchev–Trinajstić information content (AvgIpc) is 2.59. The minimum Gasteiger partial charge on any atom is -0.493 e. The third kappa shape index (κ3) is 5.07. The summed E-state index contributed by atoms with van der Waals surface area (Å²) in [5.74, 6) is 0.476. The molecule has 0 saturated carbocycles. The standard InChI is InChI=1S/C22H27FO3/c1-14(2)13-26-21-9-7-16(11-19(21)15(3)4)10-17-6-8-18(20(23)12-17)22(24)25-5/h6-9,11-12,14-15H,10,13H2,1-5H3. The van der Waals surface area contributed by atoms with E-state index in [4.69, 9.17) is 4.74 Å². The van der Waals surface area contributed by atoms with Gasteiger partial charge in [-0.25, -0.2) is 9.18 Å². The van der Waals surface area contributed by atoms with Crippen molar-refractivity contribution in [2.45, 2.75) is 40.0 Å². The Kier molecular flexibility index (Phi) is 6.78. The van der Waals surface area contributed by atoms with Crippen LogP contribution in [-0.4, -0.2) is 19.7 Å². The number of halogens is 1. The van der Waals surface area contributed by atoms with Crippen LogP contribution in [0.25, 0.3) is 0 Å². The van der Waals surface area contributed by atoms with Crippen LogP contribution < -0.4 is 4.74 Å². The molecule has 0 aliphatic heterocycles. The third-order valence-electron chi connectivity index (χ3n) is 4.12. The second-order valence-corrected chi connectivity index (χ2v) is 7.21. The molecule has 0 amide bonds. The summed E-state index contributed by atoms with van der Waals surface area (Å²) in [5.41, 5.74) is 2.99. The molecule has 140 valence electrons. The summed E-state index contributed by atoms with van der Waals surface area (Å²) in [6.07, 6.45) is 0.586. The fourth-order valence-electron chi connectivity index (χ4n) is 2.73. The average molecular weight is 358 g/mol. The molecule has 0 atom stereocenters. The number of esters is 1. The summed E-state index contributed by atoms with van der Waals surface area (Å²) in [6.45, 7) is 9.18. The molecular formula is C22H27FO3. The van der Waals surface area contributed by atoms with Crippen molar-refractivity contribution in [3.8, 4) is 5.75 Å². The van der Waals surface area contributed by atoms with Crippen molar-refractivity contribution in [1.29, 1.82) is 0 Å². The van der Waals surface area contributed by atoms with Gasteiger partial charge in [-0.1, -0.05) is 45.9 Å². The summed E-state index contributed by atoms with van der Waals surface area (Å²) in [5, 5.41) is 0. The van der Waals surface area contributed by atoms with Crippen molar-refractivity contribution in [3.05, 3.63) is 64.5 Å². The molecule has 26 heavy (non-hydrogen) atoms. The lowest BCUT2D eigenvalue weighted by Crippen LogP contribution is -2.07. The van der Waals surface area contributed by atoms with E-state index in [1.165, 1.54) is 19.2 Å². The number of hydrogen-bond donors (Lipinski definition) is 0. The zero-order valence-electron chi connectivity index (χ0n) is 16.1. The van der Waals surface area contributed by atoms with E-state index in [-0.39, 0.29) is 5.56 Å². The fourth-order valence-corrected chi connectivity index (χ4v) is 2.73. The Morgan fingerprint density at radius 1 is 1.04 bits per heavy atom. The molecule has 4 heteroatoms. The number of hydrogen-bond acceptors (Lipinski definition) is 3. The lowest BCUT2D eigenvalue weighted by molar-refractivity contribution is 0.0595. The monoisotopic (exact) mass is 358 g/mol. The van der Waals surface area contributed by atoms with Gasteiger partial charge in [0.2, 0.25) is 0 Å². The van der Waals surface area contributed by atoms with E-state index in [1.54, 1.807) is 6.07 Å². The first-order valence-electron chi connectivity index (χ1n) is 8.94. The van der Waals surface area contributed by atoms with Crippen molar-refractivity contribution >= 4 is 5.97 Å². The molecule has 0 unspecified atom stereocenters. The maximum Gasteiger partial charge on any atom is 0.340 e. The first-order valence-corrected chi connectivity index (χ1v) is 8.94. The number of benzene rings is 2. The summed E-state index contributed by atoms with van der Waals surface area (Å²) in [7, 11) is 1.24. The zero-order valence-corrected chi connectivity index (χ0v) is 16.1. The number of ether oxygens (including phenoxy) is 2. The first kappa shape index (κ1) is 20.0. The number of methoxy groups -OCH3 is 1. The molecule has 0 bridgehead atoms. The molecule has 0 fully saturated rings. The zero-order chi connectivity index (χ0) is 19.3. The Hall–Kier alpha value is -2.36. The van der Waals surface area contributed by atoms with E-state index in [9.17, 15) is 9.18 Å². The van der Waals surface area contributed by atoms with Crippen LogP contribution in [0.15, 0.2) is 36.4 Å². The van der Waals surface area contributed by atoms with Gasteiger partial charge in [0.15, 0.2) is 0 Å². The van der Waals surface area contributed by atoms with Crippen molar-refractivity contribution in [2.24, 2.45) is 5.92 Å². The highest BCUT2D eigenvalue weighted by atomic mass is 19.1. The van der Waals surface area contributed by atoms with Crippen LogP contribution >= 0.6 is 0 Å². The molecule has 0 spiro atoms. The molecule has 2 aromatic carbocycles. The normalized spacial score (nSPS) is 11.1. The fraction of sp³-hybridized carbons (Fsp3) is 0.409. The van der Waals surface area contributed by atoms with Gasteiger partial charge in [0.25, 0.3) is 0 Å². The lowest BCUT2D eigenvalue weighted by atomic mass is 9.96. The molecule has 0 heterocycles. The molecule has 3 nitrogen and oxygen atoms in total. The molecule has 0 aromatic heterocycles. The van der Waals surface area contributed by atoms with Gasteiger partial charge < -0.3 is 9.47 Å². The molecule has 0 aliphatic carbocycles. The Morgan fingerprint density at radius 2 is 1.69 bits per heavy atom.